The van der Waals surface area contributed by atoms with E-state index in [1.807, 2.05) is 36.4 Å². The summed E-state index contributed by atoms with van der Waals surface area (Å²) in [6.45, 7) is 0. The molecule has 1 aromatic heterocycles. The highest BCUT2D eigenvalue weighted by Gasteiger charge is 1.96. The van der Waals surface area contributed by atoms with Gasteiger partial charge in [-0.1, -0.05) is 41.4 Å². The summed E-state index contributed by atoms with van der Waals surface area (Å²) in [7, 11) is 0. The molecule has 0 aliphatic heterocycles. The van der Waals surface area contributed by atoms with Gasteiger partial charge in [-0.25, -0.2) is 0 Å². The Kier molecular flexibility index (Phi) is 3.60. The Morgan fingerprint density at radius 2 is 1.69 bits per heavy atom. The van der Waals surface area contributed by atoms with E-state index in [0.29, 0.717) is 10.0 Å². The van der Waals surface area contributed by atoms with Crippen molar-refractivity contribution in [3.05, 3.63) is 63.9 Å². The highest BCUT2D eigenvalue weighted by Crippen LogP contribution is 2.22. The topological polar surface area (TPSA) is 12.9 Å². The van der Waals surface area contributed by atoms with Crippen molar-refractivity contribution in [1.82, 2.24) is 4.98 Å². The third-order valence-electron chi connectivity index (χ3n) is 2.12. The first-order chi connectivity index (χ1) is 7.75. The van der Waals surface area contributed by atoms with Crippen molar-refractivity contribution < 1.29 is 0 Å². The minimum absolute atomic E-state index is 0.645. The van der Waals surface area contributed by atoms with Gasteiger partial charge in [-0.3, -0.25) is 4.98 Å². The molecule has 1 aromatic carbocycles. The highest BCUT2D eigenvalue weighted by molar-refractivity contribution is 6.35. The van der Waals surface area contributed by atoms with Gasteiger partial charge >= 0.3 is 0 Å². The minimum atomic E-state index is 0.645. The number of aromatic nitrogens is 1. The van der Waals surface area contributed by atoms with E-state index in [0.717, 1.165) is 11.1 Å². The SMILES string of the molecule is Clc1ccc(/C=C/c2ccncc2)c(Cl)c1. The third-order valence-corrected chi connectivity index (χ3v) is 2.69. The van der Waals surface area contributed by atoms with E-state index in [4.69, 9.17) is 23.2 Å². The molecule has 0 spiro atoms. The average molecular weight is 250 g/mol. The predicted octanol–water partition coefficient (Wildman–Crippen LogP) is 4.56. The molecule has 0 fully saturated rings. The molecule has 80 valence electrons. The lowest BCUT2D eigenvalue weighted by Gasteiger charge is -1.98. The maximum atomic E-state index is 6.05. The molecule has 0 saturated heterocycles. The summed E-state index contributed by atoms with van der Waals surface area (Å²) in [5.41, 5.74) is 2.03. The lowest BCUT2D eigenvalue weighted by molar-refractivity contribution is 1.32. The standard InChI is InChI=1S/C13H9Cl2N/c14-12-4-3-11(13(15)9-12)2-1-10-5-7-16-8-6-10/h1-9H/b2-1+. The molecule has 1 nitrogen and oxygen atoms in total. The summed E-state index contributed by atoms with van der Waals surface area (Å²) >= 11 is 11.9. The molecular formula is C13H9Cl2N. The van der Waals surface area contributed by atoms with Crippen LogP contribution in [0.2, 0.25) is 10.0 Å². The number of hydrogen-bond acceptors (Lipinski definition) is 1. The van der Waals surface area contributed by atoms with Crippen LogP contribution in [0.25, 0.3) is 12.2 Å². The lowest BCUT2D eigenvalue weighted by Crippen LogP contribution is -1.76. The number of pyridine rings is 1. The second kappa shape index (κ2) is 5.15. The smallest absolute Gasteiger partial charge is 0.0493 e. The Morgan fingerprint density at radius 3 is 2.38 bits per heavy atom. The Morgan fingerprint density at radius 1 is 0.938 bits per heavy atom. The molecule has 16 heavy (non-hydrogen) atoms. The van der Waals surface area contributed by atoms with E-state index < -0.39 is 0 Å². The van der Waals surface area contributed by atoms with E-state index in [2.05, 4.69) is 4.98 Å². The van der Waals surface area contributed by atoms with Crippen LogP contribution in [0.5, 0.6) is 0 Å². The van der Waals surface area contributed by atoms with Crippen LogP contribution in [0.3, 0.4) is 0 Å². The van der Waals surface area contributed by atoms with Crippen molar-refractivity contribution in [1.29, 1.82) is 0 Å². The monoisotopic (exact) mass is 249 g/mol. The van der Waals surface area contributed by atoms with Crippen LogP contribution in [0.4, 0.5) is 0 Å². The molecule has 0 bridgehead atoms. The zero-order valence-corrected chi connectivity index (χ0v) is 9.91. The quantitative estimate of drug-likeness (QED) is 0.761. The molecular weight excluding hydrogens is 241 g/mol. The van der Waals surface area contributed by atoms with E-state index in [-0.39, 0.29) is 0 Å². The molecule has 0 unspecified atom stereocenters. The van der Waals surface area contributed by atoms with Crippen LogP contribution >= 0.6 is 23.2 Å². The van der Waals surface area contributed by atoms with E-state index >= 15 is 0 Å². The van der Waals surface area contributed by atoms with Crippen LogP contribution in [0.1, 0.15) is 11.1 Å². The Balaban J connectivity index is 2.24. The number of rotatable bonds is 2. The van der Waals surface area contributed by atoms with Crippen LogP contribution < -0.4 is 0 Å². The average Bonchev–Trinajstić information content (AvgIpc) is 2.29. The van der Waals surface area contributed by atoms with Crippen molar-refractivity contribution in [3.63, 3.8) is 0 Å². The molecule has 0 aliphatic rings. The molecule has 0 aliphatic carbocycles. The van der Waals surface area contributed by atoms with Crippen molar-refractivity contribution in [2.45, 2.75) is 0 Å². The maximum absolute atomic E-state index is 6.05. The first-order valence-electron chi connectivity index (χ1n) is 4.79. The van der Waals surface area contributed by atoms with Gasteiger partial charge in [0.25, 0.3) is 0 Å². The molecule has 3 heteroatoms. The summed E-state index contributed by atoms with van der Waals surface area (Å²) in [6.07, 6.45) is 7.44. The Bertz CT molecular complexity index is 507. The lowest BCUT2D eigenvalue weighted by atomic mass is 10.1. The van der Waals surface area contributed by atoms with Crippen LogP contribution in [0.15, 0.2) is 42.7 Å². The van der Waals surface area contributed by atoms with Gasteiger partial charge in [0.05, 0.1) is 0 Å². The summed E-state index contributed by atoms with van der Waals surface area (Å²) < 4.78 is 0. The van der Waals surface area contributed by atoms with Gasteiger partial charge in [0.2, 0.25) is 0 Å². The molecule has 2 aromatic rings. The van der Waals surface area contributed by atoms with Crippen molar-refractivity contribution >= 4 is 35.4 Å². The first kappa shape index (κ1) is 11.2. The van der Waals surface area contributed by atoms with Crippen molar-refractivity contribution in [2.75, 3.05) is 0 Å². The Hall–Kier alpha value is -1.31. The molecule has 1 heterocycles. The van der Waals surface area contributed by atoms with Gasteiger partial charge in [0.1, 0.15) is 0 Å². The minimum Gasteiger partial charge on any atom is -0.265 e. The summed E-state index contributed by atoms with van der Waals surface area (Å²) in [6, 6.07) is 9.30. The largest absolute Gasteiger partial charge is 0.265 e. The molecule has 2 rings (SSSR count). The van der Waals surface area contributed by atoms with Crippen LogP contribution in [-0.4, -0.2) is 4.98 Å². The van der Waals surface area contributed by atoms with Gasteiger partial charge < -0.3 is 0 Å². The van der Waals surface area contributed by atoms with Crippen molar-refractivity contribution in [2.24, 2.45) is 0 Å². The number of benzene rings is 1. The fourth-order valence-electron chi connectivity index (χ4n) is 1.30. The van der Waals surface area contributed by atoms with E-state index in [1.54, 1.807) is 18.5 Å². The van der Waals surface area contributed by atoms with Gasteiger partial charge in [-0.15, -0.1) is 0 Å². The maximum Gasteiger partial charge on any atom is 0.0493 e. The van der Waals surface area contributed by atoms with Gasteiger partial charge in [0.15, 0.2) is 0 Å². The van der Waals surface area contributed by atoms with Crippen LogP contribution in [-0.2, 0) is 0 Å². The van der Waals surface area contributed by atoms with Gasteiger partial charge in [0, 0.05) is 22.4 Å². The normalized spacial score (nSPS) is 10.9. The van der Waals surface area contributed by atoms with Gasteiger partial charge in [-0.05, 0) is 35.4 Å². The second-order valence-electron chi connectivity index (χ2n) is 3.28. The zero-order chi connectivity index (χ0) is 11.4. The first-order valence-corrected chi connectivity index (χ1v) is 5.54. The predicted molar refractivity (Wildman–Crippen MR) is 69.6 cm³/mol. The molecule has 0 N–H and O–H groups in total. The molecule has 0 atom stereocenters. The summed E-state index contributed by atoms with van der Waals surface area (Å²) in [5, 5.41) is 1.30. The highest BCUT2D eigenvalue weighted by atomic mass is 35.5. The van der Waals surface area contributed by atoms with Crippen molar-refractivity contribution in [3.8, 4) is 0 Å². The third kappa shape index (κ3) is 2.84. The van der Waals surface area contributed by atoms with E-state index in [9.17, 15) is 0 Å². The zero-order valence-electron chi connectivity index (χ0n) is 8.40. The Labute approximate surface area is 104 Å². The number of halogens is 2. The molecule has 0 saturated carbocycles. The van der Waals surface area contributed by atoms with Crippen LogP contribution in [0, 0.1) is 0 Å². The summed E-state index contributed by atoms with van der Waals surface area (Å²) in [4.78, 5) is 3.95. The molecule has 0 radical (unpaired) electrons. The summed E-state index contributed by atoms with van der Waals surface area (Å²) in [5.74, 6) is 0. The molecule has 0 amide bonds. The fraction of sp³-hybridized carbons (Fsp3) is 0. The number of hydrogen-bond donors (Lipinski definition) is 0. The fourth-order valence-corrected chi connectivity index (χ4v) is 1.77. The van der Waals surface area contributed by atoms with E-state index in [1.165, 1.54) is 0 Å². The second-order valence-corrected chi connectivity index (χ2v) is 4.12. The number of nitrogens with zero attached hydrogens (tertiary/aromatic N) is 1. The van der Waals surface area contributed by atoms with Gasteiger partial charge in [-0.2, -0.15) is 0 Å².